The van der Waals surface area contributed by atoms with E-state index in [0.29, 0.717) is 0 Å². The summed E-state index contributed by atoms with van der Waals surface area (Å²) in [4.78, 5) is 17.1. The van der Waals surface area contributed by atoms with Gasteiger partial charge in [-0.15, -0.1) is 0 Å². The third-order valence-electron chi connectivity index (χ3n) is 0. The van der Waals surface area contributed by atoms with Crippen LogP contribution in [0.2, 0.25) is 0 Å². The van der Waals surface area contributed by atoms with Gasteiger partial charge in [-0.2, -0.15) is 0 Å². The van der Waals surface area contributed by atoms with E-state index < -0.39 is 11.1 Å². The topological polar surface area (TPSA) is 106 Å². The van der Waals surface area contributed by atoms with Crippen molar-refractivity contribution in [3.8, 4) is 0 Å². The molecular weight excluding hydrogens is 236 g/mol. The minimum Gasteiger partial charge on any atom is -0.550 e. The fraction of sp³-hybridized carbons (Fsp3) is 0.500. The van der Waals surface area contributed by atoms with Gasteiger partial charge in [0.2, 0.25) is 0 Å². The molecule has 0 aromatic heterocycles. The smallest absolute Gasteiger partial charge is 0.550 e. The van der Waals surface area contributed by atoms with Gasteiger partial charge < -0.3 is 25.2 Å². The van der Waals surface area contributed by atoms with Gasteiger partial charge in [0.1, 0.15) is 0 Å². The number of carboxylic acid groups (broad SMARTS) is 1. The molecule has 10 heavy (non-hydrogen) atoms. The van der Waals surface area contributed by atoms with Gasteiger partial charge in [-0.3, -0.25) is 0 Å². The molecule has 0 unspecified atom stereocenters. The first-order chi connectivity index (χ1) is 3.46. The molecule has 1 radical (unpaired) electrons. The molecular formula is C2H3CoNNiO5+2. The largest absolute Gasteiger partial charge is 2.00 e. The molecule has 0 aromatic carbocycles. The van der Waals surface area contributed by atoms with E-state index in [1.807, 2.05) is 0 Å². The Kier molecular flexibility index (Phi) is 35.9. The van der Waals surface area contributed by atoms with Gasteiger partial charge in [0.05, 0.1) is 5.09 Å². The summed E-state index contributed by atoms with van der Waals surface area (Å²) in [5, 5.41) is 23.6. The van der Waals surface area contributed by atoms with Crippen molar-refractivity contribution in [3.63, 3.8) is 0 Å². The molecule has 0 aliphatic carbocycles. The van der Waals surface area contributed by atoms with Gasteiger partial charge >= 0.3 is 33.3 Å². The maximum Gasteiger partial charge on any atom is 2.00 e. The monoisotopic (exact) mass is 238 g/mol. The Morgan fingerprint density at radius 3 is 1.40 bits per heavy atom. The standard InChI is InChI=1S/C2H4O2.Co.NO3.Ni/c1-2(3)4;;2-1(3)4;/h1H3,(H,3,4);;;/q;+2;-1;+2/p-1. The zero-order chi connectivity index (χ0) is 7.15. The molecule has 6 nitrogen and oxygen atoms in total. The predicted octanol–water partition coefficient (Wildman–Crippen LogP) is -1.49. The Morgan fingerprint density at radius 1 is 1.40 bits per heavy atom. The molecule has 0 aromatic rings. The molecule has 0 N–H and O–H groups in total. The minimum atomic E-state index is -1.75. The molecule has 63 valence electrons. The van der Waals surface area contributed by atoms with Gasteiger partial charge in [0, 0.05) is 5.97 Å². The molecule has 8 heteroatoms. The van der Waals surface area contributed by atoms with Gasteiger partial charge in [-0.25, -0.2) is 0 Å². The van der Waals surface area contributed by atoms with Gasteiger partial charge in [-0.1, -0.05) is 0 Å². The number of rotatable bonds is 0. The van der Waals surface area contributed by atoms with Crippen LogP contribution in [0.4, 0.5) is 0 Å². The van der Waals surface area contributed by atoms with E-state index >= 15 is 0 Å². The summed E-state index contributed by atoms with van der Waals surface area (Å²) < 4.78 is 0. The van der Waals surface area contributed by atoms with Crippen molar-refractivity contribution >= 4 is 5.97 Å². The molecule has 0 spiro atoms. The predicted molar refractivity (Wildman–Crippen MR) is 21.0 cm³/mol. The number of carboxylic acids is 1. The first-order valence-corrected chi connectivity index (χ1v) is 1.46. The summed E-state index contributed by atoms with van der Waals surface area (Å²) in [5.41, 5.74) is 0. The zero-order valence-corrected chi connectivity index (χ0v) is 6.67. The van der Waals surface area contributed by atoms with Crippen LogP contribution in [0, 0.1) is 15.3 Å². The third-order valence-corrected chi connectivity index (χ3v) is 0. The van der Waals surface area contributed by atoms with Crippen molar-refractivity contribution in [2.24, 2.45) is 0 Å². The molecule has 0 atom stereocenters. The SMILES string of the molecule is CC(=O)[O-].O=[N+]([O-])[O-].[Co+2].[Ni+2]. The Balaban J connectivity index is -0.0000000300. The molecule has 0 rings (SSSR count). The van der Waals surface area contributed by atoms with Crippen LogP contribution >= 0.6 is 0 Å². The summed E-state index contributed by atoms with van der Waals surface area (Å²) in [6.45, 7) is 0.972. The van der Waals surface area contributed by atoms with Crippen molar-refractivity contribution in [1.82, 2.24) is 0 Å². The van der Waals surface area contributed by atoms with Crippen LogP contribution in [0.25, 0.3) is 0 Å². The number of nitrogens with zero attached hydrogens (tertiary/aromatic N) is 1. The first-order valence-electron chi connectivity index (χ1n) is 1.46. The molecule has 0 amide bonds. The van der Waals surface area contributed by atoms with Crippen LogP contribution in [0.3, 0.4) is 0 Å². The molecule has 0 aliphatic rings. The summed E-state index contributed by atoms with van der Waals surface area (Å²) in [6, 6.07) is 0. The number of carbonyl (C=O) groups is 1. The Hall–Kier alpha value is -0.330. The molecule has 0 saturated carbocycles. The van der Waals surface area contributed by atoms with E-state index in [0.717, 1.165) is 6.92 Å². The maximum atomic E-state index is 8.89. The Labute approximate surface area is 76.8 Å². The van der Waals surface area contributed by atoms with E-state index in [1.54, 1.807) is 0 Å². The van der Waals surface area contributed by atoms with Crippen LogP contribution in [-0.4, -0.2) is 11.1 Å². The summed E-state index contributed by atoms with van der Waals surface area (Å²) >= 11 is 0. The number of aliphatic carboxylic acids is 1. The zero-order valence-electron chi connectivity index (χ0n) is 4.64. The first kappa shape index (κ1) is 22.6. The summed E-state index contributed by atoms with van der Waals surface area (Å²) in [5.74, 6) is -1.08. The van der Waals surface area contributed by atoms with Crippen LogP contribution in [0.15, 0.2) is 0 Å². The average Bonchev–Trinajstić information content (AvgIpc) is 1.25. The van der Waals surface area contributed by atoms with Crippen LogP contribution < -0.4 is 5.11 Å². The van der Waals surface area contributed by atoms with Gasteiger partial charge in [-0.05, 0) is 6.92 Å². The van der Waals surface area contributed by atoms with Crippen molar-refractivity contribution in [1.29, 1.82) is 0 Å². The molecule has 0 aliphatic heterocycles. The second kappa shape index (κ2) is 15.9. The van der Waals surface area contributed by atoms with Crippen LogP contribution in [0.5, 0.6) is 0 Å². The molecule has 0 fully saturated rings. The van der Waals surface area contributed by atoms with Gasteiger partial charge in [0.15, 0.2) is 0 Å². The van der Waals surface area contributed by atoms with Crippen molar-refractivity contribution < 1.29 is 48.3 Å². The van der Waals surface area contributed by atoms with E-state index in [-0.39, 0.29) is 33.3 Å². The number of carbonyl (C=O) groups excluding carboxylic acids is 1. The third kappa shape index (κ3) is 3130. The number of hydrogen-bond donors (Lipinski definition) is 0. The Bertz CT molecular complexity index is 77.6. The van der Waals surface area contributed by atoms with Crippen LogP contribution in [-0.2, 0) is 38.1 Å². The van der Waals surface area contributed by atoms with E-state index in [9.17, 15) is 0 Å². The Morgan fingerprint density at radius 2 is 1.40 bits per heavy atom. The number of hydrogen-bond acceptors (Lipinski definition) is 5. The minimum absolute atomic E-state index is 0. The molecule has 0 bridgehead atoms. The van der Waals surface area contributed by atoms with Gasteiger partial charge in [0.25, 0.3) is 0 Å². The van der Waals surface area contributed by atoms with Crippen molar-refractivity contribution in [3.05, 3.63) is 15.3 Å². The maximum absolute atomic E-state index is 8.89. The fourth-order valence-electron chi connectivity index (χ4n) is 0. The van der Waals surface area contributed by atoms with Crippen molar-refractivity contribution in [2.75, 3.05) is 0 Å². The van der Waals surface area contributed by atoms with E-state index in [1.165, 1.54) is 0 Å². The average molecular weight is 239 g/mol. The van der Waals surface area contributed by atoms with E-state index in [4.69, 9.17) is 25.2 Å². The molecule has 0 heterocycles. The quantitative estimate of drug-likeness (QED) is 0.290. The molecule has 0 saturated heterocycles. The fourth-order valence-corrected chi connectivity index (χ4v) is 0. The second-order valence-electron chi connectivity index (χ2n) is 0.715. The van der Waals surface area contributed by atoms with Crippen molar-refractivity contribution in [2.45, 2.75) is 6.92 Å². The van der Waals surface area contributed by atoms with Crippen LogP contribution in [0.1, 0.15) is 6.92 Å². The van der Waals surface area contributed by atoms with E-state index in [2.05, 4.69) is 0 Å². The normalized spacial score (nSPS) is 4.90. The summed E-state index contributed by atoms with van der Waals surface area (Å²) in [6.07, 6.45) is 0. The second-order valence-corrected chi connectivity index (χ2v) is 0.715. The summed E-state index contributed by atoms with van der Waals surface area (Å²) in [7, 11) is 0.